The quantitative estimate of drug-likeness (QED) is 0.410. The van der Waals surface area contributed by atoms with Gasteiger partial charge in [-0.05, 0) is 31.5 Å². The molecule has 0 aliphatic heterocycles. The van der Waals surface area contributed by atoms with E-state index in [2.05, 4.69) is 76.5 Å². The van der Waals surface area contributed by atoms with Crippen molar-refractivity contribution in [2.24, 2.45) is 0 Å². The van der Waals surface area contributed by atoms with E-state index in [-0.39, 0.29) is 5.92 Å². The summed E-state index contributed by atoms with van der Waals surface area (Å²) in [7, 11) is 8.19. The van der Waals surface area contributed by atoms with E-state index in [4.69, 9.17) is 9.47 Å². The van der Waals surface area contributed by atoms with Crippen LogP contribution in [0.4, 0.5) is 11.4 Å². The molecule has 0 aliphatic rings. The highest BCUT2D eigenvalue weighted by atomic mass is 16.5. The minimum Gasteiger partial charge on any atom is -0.493 e. The molecular formula is C27H34N2O2. The summed E-state index contributed by atoms with van der Waals surface area (Å²) < 4.78 is 12.3. The van der Waals surface area contributed by atoms with Crippen LogP contribution in [0.2, 0.25) is 0 Å². The number of anilines is 2. The summed E-state index contributed by atoms with van der Waals surface area (Å²) in [6.45, 7) is 5.29. The van der Waals surface area contributed by atoms with E-state index in [1.807, 2.05) is 42.0 Å². The molecular weight excluding hydrogens is 384 g/mol. The van der Waals surface area contributed by atoms with Crippen molar-refractivity contribution in [2.45, 2.75) is 19.8 Å². The maximum atomic E-state index is 6.14. The molecule has 0 saturated carbocycles. The SMILES string of the molecule is CCOc1cc(N(C)C)ccc1C(c1ccccc1)c1ccc(N(C)C)cc1OCC. The molecule has 0 N–H and O–H groups in total. The van der Waals surface area contributed by atoms with Gasteiger partial charge in [-0.25, -0.2) is 0 Å². The molecule has 0 heterocycles. The number of benzene rings is 3. The minimum absolute atomic E-state index is 0.00303. The summed E-state index contributed by atoms with van der Waals surface area (Å²) in [6.07, 6.45) is 0. The first-order valence-electron chi connectivity index (χ1n) is 10.9. The van der Waals surface area contributed by atoms with Gasteiger partial charge < -0.3 is 19.3 Å². The molecule has 0 spiro atoms. The normalized spacial score (nSPS) is 10.8. The summed E-state index contributed by atoms with van der Waals surface area (Å²) in [5.74, 6) is 1.81. The van der Waals surface area contributed by atoms with Crippen molar-refractivity contribution in [3.8, 4) is 11.5 Å². The molecule has 4 heteroatoms. The second kappa shape index (κ2) is 10.3. The fraction of sp³-hybridized carbons (Fsp3) is 0.333. The Morgan fingerprint density at radius 1 is 0.645 bits per heavy atom. The lowest BCUT2D eigenvalue weighted by atomic mass is 9.83. The lowest BCUT2D eigenvalue weighted by Crippen LogP contribution is -2.13. The average molecular weight is 419 g/mol. The van der Waals surface area contributed by atoms with Gasteiger partial charge in [-0.1, -0.05) is 42.5 Å². The second-order valence-electron chi connectivity index (χ2n) is 7.94. The van der Waals surface area contributed by atoms with Crippen molar-refractivity contribution >= 4 is 11.4 Å². The van der Waals surface area contributed by atoms with E-state index in [9.17, 15) is 0 Å². The maximum absolute atomic E-state index is 6.14. The predicted molar refractivity (Wildman–Crippen MR) is 131 cm³/mol. The van der Waals surface area contributed by atoms with Gasteiger partial charge in [0.2, 0.25) is 0 Å². The Kier molecular flexibility index (Phi) is 7.45. The molecule has 0 aliphatic carbocycles. The van der Waals surface area contributed by atoms with Crippen molar-refractivity contribution < 1.29 is 9.47 Å². The van der Waals surface area contributed by atoms with Gasteiger partial charge in [0.05, 0.1) is 13.2 Å². The Balaban J connectivity index is 2.25. The fourth-order valence-corrected chi connectivity index (χ4v) is 3.81. The number of hydrogen-bond donors (Lipinski definition) is 0. The number of rotatable bonds is 9. The zero-order chi connectivity index (χ0) is 22.4. The zero-order valence-electron chi connectivity index (χ0n) is 19.6. The Hall–Kier alpha value is -3.14. The summed E-state index contributed by atoms with van der Waals surface area (Å²) in [4.78, 5) is 4.20. The third-order valence-corrected chi connectivity index (χ3v) is 5.38. The Bertz CT molecular complexity index is 922. The van der Waals surface area contributed by atoms with E-state index in [0.29, 0.717) is 13.2 Å². The van der Waals surface area contributed by atoms with Gasteiger partial charge >= 0.3 is 0 Å². The molecule has 3 aromatic carbocycles. The Labute approximate surface area is 187 Å². The number of hydrogen-bond acceptors (Lipinski definition) is 4. The zero-order valence-corrected chi connectivity index (χ0v) is 19.6. The summed E-state index contributed by atoms with van der Waals surface area (Å²) in [5.41, 5.74) is 5.72. The van der Waals surface area contributed by atoms with Gasteiger partial charge in [0.1, 0.15) is 11.5 Å². The molecule has 0 saturated heterocycles. The van der Waals surface area contributed by atoms with Crippen LogP contribution in [0.3, 0.4) is 0 Å². The first-order chi connectivity index (χ1) is 15.0. The van der Waals surface area contributed by atoms with Gasteiger partial charge in [-0.3, -0.25) is 0 Å². The summed E-state index contributed by atoms with van der Waals surface area (Å²) in [6, 6.07) is 23.5. The standard InChI is InChI=1S/C27H34N2O2/c1-7-30-25-18-21(28(3)4)14-16-23(25)27(20-12-10-9-11-13-20)24-17-15-22(29(5)6)19-26(24)31-8-2/h9-19,27H,7-8H2,1-6H3. The molecule has 3 aromatic rings. The van der Waals surface area contributed by atoms with Crippen LogP contribution in [0.25, 0.3) is 0 Å². The van der Waals surface area contributed by atoms with E-state index in [1.54, 1.807) is 0 Å². The molecule has 0 aromatic heterocycles. The van der Waals surface area contributed by atoms with Gasteiger partial charge in [0.15, 0.2) is 0 Å². The van der Waals surface area contributed by atoms with E-state index in [1.165, 1.54) is 5.56 Å². The van der Waals surface area contributed by atoms with Crippen LogP contribution in [-0.2, 0) is 0 Å². The van der Waals surface area contributed by atoms with Crippen LogP contribution in [0.15, 0.2) is 66.7 Å². The highest BCUT2D eigenvalue weighted by Gasteiger charge is 2.25. The van der Waals surface area contributed by atoms with Crippen LogP contribution < -0.4 is 19.3 Å². The Morgan fingerprint density at radius 3 is 1.48 bits per heavy atom. The third kappa shape index (κ3) is 5.13. The topological polar surface area (TPSA) is 24.9 Å². The molecule has 164 valence electrons. The molecule has 0 fully saturated rings. The fourth-order valence-electron chi connectivity index (χ4n) is 3.81. The lowest BCUT2D eigenvalue weighted by molar-refractivity contribution is 0.331. The number of nitrogens with zero attached hydrogens (tertiary/aromatic N) is 2. The molecule has 0 radical (unpaired) electrons. The largest absolute Gasteiger partial charge is 0.493 e. The average Bonchev–Trinajstić information content (AvgIpc) is 2.76. The molecule has 0 amide bonds. The van der Waals surface area contributed by atoms with Crippen LogP contribution in [-0.4, -0.2) is 41.4 Å². The van der Waals surface area contributed by atoms with Crippen molar-refractivity contribution in [1.29, 1.82) is 0 Å². The molecule has 31 heavy (non-hydrogen) atoms. The maximum Gasteiger partial charge on any atom is 0.125 e. The van der Waals surface area contributed by atoms with Gasteiger partial charge in [0, 0.05) is 68.7 Å². The first-order valence-corrected chi connectivity index (χ1v) is 10.9. The van der Waals surface area contributed by atoms with Gasteiger partial charge in [-0.2, -0.15) is 0 Å². The Morgan fingerprint density at radius 2 is 1.10 bits per heavy atom. The molecule has 4 nitrogen and oxygen atoms in total. The van der Waals surface area contributed by atoms with Gasteiger partial charge in [0.25, 0.3) is 0 Å². The highest BCUT2D eigenvalue weighted by Crippen LogP contribution is 2.43. The molecule has 0 unspecified atom stereocenters. The van der Waals surface area contributed by atoms with Crippen LogP contribution in [0, 0.1) is 0 Å². The first kappa shape index (κ1) is 22.5. The van der Waals surface area contributed by atoms with E-state index >= 15 is 0 Å². The third-order valence-electron chi connectivity index (χ3n) is 5.38. The van der Waals surface area contributed by atoms with Gasteiger partial charge in [-0.15, -0.1) is 0 Å². The molecule has 0 atom stereocenters. The lowest BCUT2D eigenvalue weighted by Gasteiger charge is -2.26. The van der Waals surface area contributed by atoms with Crippen LogP contribution >= 0.6 is 0 Å². The summed E-state index contributed by atoms with van der Waals surface area (Å²) in [5, 5.41) is 0. The van der Waals surface area contributed by atoms with Crippen molar-refractivity contribution in [3.05, 3.63) is 83.4 Å². The van der Waals surface area contributed by atoms with Crippen molar-refractivity contribution in [3.63, 3.8) is 0 Å². The monoisotopic (exact) mass is 418 g/mol. The molecule has 0 bridgehead atoms. The second-order valence-corrected chi connectivity index (χ2v) is 7.94. The van der Waals surface area contributed by atoms with E-state index < -0.39 is 0 Å². The molecule has 3 rings (SSSR count). The van der Waals surface area contributed by atoms with Crippen LogP contribution in [0.1, 0.15) is 36.5 Å². The van der Waals surface area contributed by atoms with Crippen molar-refractivity contribution in [2.75, 3.05) is 51.2 Å². The van der Waals surface area contributed by atoms with Crippen molar-refractivity contribution in [1.82, 2.24) is 0 Å². The van der Waals surface area contributed by atoms with E-state index in [0.717, 1.165) is 34.0 Å². The highest BCUT2D eigenvalue weighted by molar-refractivity contribution is 5.61. The van der Waals surface area contributed by atoms with Crippen LogP contribution in [0.5, 0.6) is 11.5 Å². The predicted octanol–water partition coefficient (Wildman–Crippen LogP) is 5.80. The number of ether oxygens (including phenoxy) is 2. The smallest absolute Gasteiger partial charge is 0.125 e. The summed E-state index contributed by atoms with van der Waals surface area (Å²) >= 11 is 0. The minimum atomic E-state index is -0.00303.